The van der Waals surface area contributed by atoms with Crippen molar-refractivity contribution in [2.45, 2.75) is 38.8 Å². The molecule has 1 aromatic heterocycles. The summed E-state index contributed by atoms with van der Waals surface area (Å²) in [6.07, 6.45) is 3.26. The number of carbonyl (C=O) groups excluding carboxylic acids is 1. The number of aromatic nitrogens is 1. The van der Waals surface area contributed by atoms with Crippen LogP contribution in [0.25, 0.3) is 0 Å². The van der Waals surface area contributed by atoms with Crippen LogP contribution >= 0.6 is 0 Å². The molecule has 1 saturated heterocycles. The van der Waals surface area contributed by atoms with E-state index in [4.69, 9.17) is 9.47 Å². The molecule has 2 aliphatic rings. The van der Waals surface area contributed by atoms with Gasteiger partial charge in [0, 0.05) is 49.4 Å². The molecule has 2 aromatic rings. The van der Waals surface area contributed by atoms with Crippen LogP contribution < -0.4 is 15.7 Å². The minimum absolute atomic E-state index is 0.109. The summed E-state index contributed by atoms with van der Waals surface area (Å²) in [5.41, 5.74) is 5.55. The fourth-order valence-electron chi connectivity index (χ4n) is 4.80. The molecule has 2 atom stereocenters. The van der Waals surface area contributed by atoms with Crippen LogP contribution in [0.3, 0.4) is 0 Å². The third-order valence-corrected chi connectivity index (χ3v) is 6.20. The van der Waals surface area contributed by atoms with E-state index in [1.807, 2.05) is 28.8 Å². The van der Waals surface area contributed by atoms with Gasteiger partial charge in [0.15, 0.2) is 0 Å². The van der Waals surface area contributed by atoms with Gasteiger partial charge >= 0.3 is 6.09 Å². The minimum atomic E-state index is -0.576. The second-order valence-electron chi connectivity index (χ2n) is 8.40. The van der Waals surface area contributed by atoms with Gasteiger partial charge in [-0.2, -0.15) is 5.10 Å². The summed E-state index contributed by atoms with van der Waals surface area (Å²) in [7, 11) is 1.68. The number of amides is 1. The summed E-state index contributed by atoms with van der Waals surface area (Å²) in [5.74, 6) is 1.62. The van der Waals surface area contributed by atoms with Crippen LogP contribution in [0.2, 0.25) is 0 Å². The van der Waals surface area contributed by atoms with Gasteiger partial charge in [-0.25, -0.2) is 10.2 Å². The highest BCUT2D eigenvalue weighted by atomic mass is 16.5. The normalized spacial score (nSPS) is 20.4. The van der Waals surface area contributed by atoms with Crippen LogP contribution in [0.5, 0.6) is 5.75 Å². The second kappa shape index (κ2) is 9.99. The zero-order chi connectivity index (χ0) is 22.5. The summed E-state index contributed by atoms with van der Waals surface area (Å²) in [6, 6.07) is 11.5. The Balaban J connectivity index is 1.52. The average Bonchev–Trinajstić information content (AvgIpc) is 3.07. The van der Waals surface area contributed by atoms with E-state index in [-0.39, 0.29) is 5.56 Å². The monoisotopic (exact) mass is 438 g/mol. The molecule has 2 unspecified atom stereocenters. The molecule has 170 valence electrons. The third kappa shape index (κ3) is 5.02. The molecule has 2 aliphatic heterocycles. The van der Waals surface area contributed by atoms with Crippen molar-refractivity contribution in [2.75, 3.05) is 26.8 Å². The molecule has 3 heterocycles. The second-order valence-corrected chi connectivity index (χ2v) is 8.40. The number of nitrogens with one attached hydrogen (secondary N) is 1. The van der Waals surface area contributed by atoms with Crippen LogP contribution in [-0.2, 0) is 17.8 Å². The zero-order valence-corrected chi connectivity index (χ0v) is 18.6. The van der Waals surface area contributed by atoms with Gasteiger partial charge < -0.3 is 14.0 Å². The first kappa shape index (κ1) is 22.1. The number of ether oxygens (including phenoxy) is 2. The van der Waals surface area contributed by atoms with E-state index in [0.29, 0.717) is 18.4 Å². The highest BCUT2D eigenvalue weighted by Crippen LogP contribution is 2.34. The number of methoxy groups -OCH3 is 1. The van der Waals surface area contributed by atoms with Crippen LogP contribution in [-0.4, -0.2) is 48.6 Å². The molecule has 8 nitrogen and oxygen atoms in total. The Morgan fingerprint density at radius 1 is 1.22 bits per heavy atom. The maximum Gasteiger partial charge on any atom is 0.427 e. The van der Waals surface area contributed by atoms with Gasteiger partial charge in [0.25, 0.3) is 5.56 Å². The fraction of sp³-hybridized carbons (Fsp3) is 0.458. The number of fused-ring (bicyclic) bond motifs is 5. The Bertz CT molecular complexity index is 1050. The van der Waals surface area contributed by atoms with Gasteiger partial charge in [0.2, 0.25) is 0 Å². The maximum atomic E-state index is 12.4. The Morgan fingerprint density at radius 3 is 2.91 bits per heavy atom. The number of hydrogen-bond donors (Lipinski definition) is 1. The number of rotatable bonds is 6. The Labute approximate surface area is 187 Å². The van der Waals surface area contributed by atoms with Crippen molar-refractivity contribution in [3.8, 4) is 5.75 Å². The molecule has 0 radical (unpaired) electrons. The standard InChI is InChI=1S/C24H30N4O4/c1-3-32-24(30)26-25-12-17-8-10-22(31-2)20(11-17)16-27-13-18-7-9-19(15-27)21-5-4-6-23(29)28(21)14-18/h4-6,8,10-12,18-19H,3,7,9,13-16H2,1-2H3,(H,26,30)/b25-12-. The topological polar surface area (TPSA) is 85.2 Å². The van der Waals surface area contributed by atoms with Gasteiger partial charge in [-0.05, 0) is 55.5 Å². The van der Waals surface area contributed by atoms with Crippen LogP contribution in [0.1, 0.15) is 42.5 Å². The first-order chi connectivity index (χ1) is 15.6. The molecule has 4 rings (SSSR count). The summed E-state index contributed by atoms with van der Waals surface area (Å²) in [5, 5.41) is 3.96. The summed E-state index contributed by atoms with van der Waals surface area (Å²) in [6.45, 7) is 5.43. The number of hydrazone groups is 1. The molecule has 0 aliphatic carbocycles. The minimum Gasteiger partial charge on any atom is -0.496 e. The summed E-state index contributed by atoms with van der Waals surface area (Å²) >= 11 is 0. The number of likely N-dealkylation sites (tertiary alicyclic amines) is 1. The molecule has 32 heavy (non-hydrogen) atoms. The average molecular weight is 439 g/mol. The van der Waals surface area contributed by atoms with Crippen molar-refractivity contribution in [3.05, 3.63) is 63.6 Å². The Hall–Kier alpha value is -3.13. The van der Waals surface area contributed by atoms with Crippen molar-refractivity contribution in [2.24, 2.45) is 11.0 Å². The van der Waals surface area contributed by atoms with E-state index in [9.17, 15) is 9.59 Å². The quantitative estimate of drug-likeness (QED) is 0.554. The van der Waals surface area contributed by atoms with Crippen LogP contribution in [0, 0.1) is 5.92 Å². The molecule has 1 amide bonds. The summed E-state index contributed by atoms with van der Waals surface area (Å²) < 4.78 is 12.4. The fourth-order valence-corrected chi connectivity index (χ4v) is 4.80. The maximum absolute atomic E-state index is 12.4. The number of pyridine rings is 1. The predicted molar refractivity (Wildman–Crippen MR) is 122 cm³/mol. The van der Waals surface area contributed by atoms with Crippen LogP contribution in [0.4, 0.5) is 4.79 Å². The van der Waals surface area contributed by atoms with Crippen molar-refractivity contribution in [3.63, 3.8) is 0 Å². The molecule has 1 N–H and O–H groups in total. The van der Waals surface area contributed by atoms with E-state index in [0.717, 1.165) is 61.6 Å². The van der Waals surface area contributed by atoms with E-state index < -0.39 is 6.09 Å². The van der Waals surface area contributed by atoms with Gasteiger partial charge in [-0.3, -0.25) is 9.69 Å². The van der Waals surface area contributed by atoms with Crippen molar-refractivity contribution >= 4 is 12.3 Å². The molecule has 8 heteroatoms. The molecule has 0 spiro atoms. The smallest absolute Gasteiger partial charge is 0.427 e. The first-order valence-corrected chi connectivity index (χ1v) is 11.1. The number of carbonyl (C=O) groups is 1. The van der Waals surface area contributed by atoms with Crippen molar-refractivity contribution in [1.29, 1.82) is 0 Å². The largest absolute Gasteiger partial charge is 0.496 e. The van der Waals surface area contributed by atoms with E-state index >= 15 is 0 Å². The lowest BCUT2D eigenvalue weighted by molar-refractivity contribution is 0.152. The number of hydrogen-bond acceptors (Lipinski definition) is 6. The molecule has 2 bridgehead atoms. The van der Waals surface area contributed by atoms with Gasteiger partial charge in [0.05, 0.1) is 19.9 Å². The SMILES string of the molecule is CCOC(=O)N/N=C\c1ccc(OC)c(CN2CC3CCC(C2)c2cccc(=O)n2C3)c1. The van der Waals surface area contributed by atoms with E-state index in [1.54, 1.807) is 26.3 Å². The highest BCUT2D eigenvalue weighted by molar-refractivity contribution is 5.81. The Kier molecular flexibility index (Phi) is 6.90. The van der Waals surface area contributed by atoms with E-state index in [1.165, 1.54) is 0 Å². The van der Waals surface area contributed by atoms with Crippen molar-refractivity contribution in [1.82, 2.24) is 14.9 Å². The first-order valence-electron chi connectivity index (χ1n) is 11.1. The molecular weight excluding hydrogens is 408 g/mol. The van der Waals surface area contributed by atoms with Gasteiger partial charge in [0.1, 0.15) is 5.75 Å². The molecule has 1 aromatic carbocycles. The van der Waals surface area contributed by atoms with Gasteiger partial charge in [-0.1, -0.05) is 6.07 Å². The lowest BCUT2D eigenvalue weighted by Crippen LogP contribution is -2.37. The molecular formula is C24H30N4O4. The lowest BCUT2D eigenvalue weighted by atomic mass is 9.98. The number of nitrogens with zero attached hydrogens (tertiary/aromatic N) is 3. The van der Waals surface area contributed by atoms with Gasteiger partial charge in [-0.15, -0.1) is 0 Å². The predicted octanol–water partition coefficient (Wildman–Crippen LogP) is 2.95. The third-order valence-electron chi connectivity index (χ3n) is 6.20. The van der Waals surface area contributed by atoms with Crippen LogP contribution in [0.15, 0.2) is 46.3 Å². The highest BCUT2D eigenvalue weighted by Gasteiger charge is 2.31. The van der Waals surface area contributed by atoms with E-state index in [2.05, 4.69) is 21.5 Å². The molecule has 0 saturated carbocycles. The number of benzene rings is 1. The zero-order valence-electron chi connectivity index (χ0n) is 18.6. The van der Waals surface area contributed by atoms with Crippen molar-refractivity contribution < 1.29 is 14.3 Å². The summed E-state index contributed by atoms with van der Waals surface area (Å²) in [4.78, 5) is 26.3. The Morgan fingerprint density at radius 2 is 2.09 bits per heavy atom. The molecule has 1 fully saturated rings. The lowest BCUT2D eigenvalue weighted by Gasteiger charge is -2.31.